The average Bonchev–Trinajstić information content (AvgIpc) is 3.26. The molecule has 0 saturated heterocycles. The highest BCUT2D eigenvalue weighted by atomic mass is 16.5. The number of aliphatic hydroxyl groups excluding tert-OH is 1. The molecule has 1 heterocycles. The van der Waals surface area contributed by atoms with Crippen molar-refractivity contribution in [2.75, 3.05) is 18.4 Å². The summed E-state index contributed by atoms with van der Waals surface area (Å²) in [7, 11) is 0. The molecule has 0 spiro atoms. The summed E-state index contributed by atoms with van der Waals surface area (Å²) < 4.78 is 4.96. The molecule has 1 unspecified atom stereocenters. The van der Waals surface area contributed by atoms with Crippen LogP contribution in [0.3, 0.4) is 0 Å². The SMILES string of the molecule is CC(=O)OCc1ccc(NC(=O)[C@H](CCCNC(N)O)NC(=O)[C@@H](NC(=O)CCCCN2C(=O)C=CC2=O)C(C)C)cc1. The lowest BCUT2D eigenvalue weighted by molar-refractivity contribution is -0.142. The van der Waals surface area contributed by atoms with Gasteiger partial charge in [-0.15, -0.1) is 0 Å². The smallest absolute Gasteiger partial charge is 0.302 e. The van der Waals surface area contributed by atoms with Crippen LogP contribution in [0.5, 0.6) is 0 Å². The maximum absolute atomic E-state index is 13.3. The second-order valence-electron chi connectivity index (χ2n) is 10.5. The van der Waals surface area contributed by atoms with Gasteiger partial charge in [-0.2, -0.15) is 0 Å². The van der Waals surface area contributed by atoms with E-state index in [0.717, 1.165) is 10.5 Å². The zero-order valence-corrected chi connectivity index (χ0v) is 24.8. The first-order chi connectivity index (χ1) is 20.4. The van der Waals surface area contributed by atoms with Gasteiger partial charge in [0.2, 0.25) is 17.7 Å². The molecule has 14 nitrogen and oxygen atoms in total. The van der Waals surface area contributed by atoms with Crippen LogP contribution in [-0.4, -0.2) is 77.0 Å². The molecule has 1 aliphatic heterocycles. The summed E-state index contributed by atoms with van der Waals surface area (Å²) in [6.45, 7) is 5.43. The number of nitrogens with zero attached hydrogens (tertiary/aromatic N) is 1. The number of rotatable bonds is 18. The molecule has 0 radical (unpaired) electrons. The summed E-state index contributed by atoms with van der Waals surface area (Å²) in [6, 6.07) is 4.79. The Balaban J connectivity index is 1.97. The predicted octanol–water partition coefficient (Wildman–Crippen LogP) is 0.0135. The quantitative estimate of drug-likeness (QED) is 0.0574. The number of carbonyl (C=O) groups is 6. The van der Waals surface area contributed by atoms with Crippen LogP contribution in [-0.2, 0) is 40.1 Å². The maximum atomic E-state index is 13.3. The monoisotopic (exact) mass is 602 g/mol. The highest BCUT2D eigenvalue weighted by molar-refractivity contribution is 6.12. The number of hydrogen-bond acceptors (Lipinski definition) is 10. The third-order valence-corrected chi connectivity index (χ3v) is 6.52. The van der Waals surface area contributed by atoms with Crippen molar-refractivity contribution in [3.05, 3.63) is 42.0 Å². The van der Waals surface area contributed by atoms with Crippen LogP contribution in [0.4, 0.5) is 5.69 Å². The topological polar surface area (TPSA) is 209 Å². The van der Waals surface area contributed by atoms with Gasteiger partial charge in [-0.3, -0.25) is 44.7 Å². The molecule has 43 heavy (non-hydrogen) atoms. The minimum atomic E-state index is -1.22. The van der Waals surface area contributed by atoms with E-state index in [-0.39, 0.29) is 56.2 Å². The number of carbonyl (C=O) groups excluding carboxylic acids is 6. The van der Waals surface area contributed by atoms with Crippen LogP contribution in [0.25, 0.3) is 0 Å². The largest absolute Gasteiger partial charge is 0.461 e. The van der Waals surface area contributed by atoms with Gasteiger partial charge >= 0.3 is 5.97 Å². The van der Waals surface area contributed by atoms with Crippen molar-refractivity contribution in [1.29, 1.82) is 0 Å². The Kier molecular flexibility index (Phi) is 14.5. The number of nitrogens with one attached hydrogen (secondary N) is 4. The first kappa shape index (κ1) is 35.1. The van der Waals surface area contributed by atoms with Gasteiger partial charge in [0.05, 0.1) is 0 Å². The van der Waals surface area contributed by atoms with Gasteiger partial charge in [0, 0.05) is 37.7 Å². The van der Waals surface area contributed by atoms with Crippen molar-refractivity contribution in [3.63, 3.8) is 0 Å². The molecule has 1 aliphatic rings. The lowest BCUT2D eigenvalue weighted by Gasteiger charge is -2.25. The molecule has 0 fully saturated rings. The molecule has 1 aromatic rings. The normalized spacial score (nSPS) is 14.8. The molecule has 0 aromatic heterocycles. The fourth-order valence-electron chi connectivity index (χ4n) is 4.17. The molecule has 0 bridgehead atoms. The lowest BCUT2D eigenvalue weighted by Crippen LogP contribution is -2.54. The van der Waals surface area contributed by atoms with E-state index in [1.807, 2.05) is 0 Å². The summed E-state index contributed by atoms with van der Waals surface area (Å²) in [5.41, 5.74) is 6.50. The van der Waals surface area contributed by atoms with Gasteiger partial charge in [0.25, 0.3) is 11.8 Å². The van der Waals surface area contributed by atoms with Crippen molar-refractivity contribution in [3.8, 4) is 0 Å². The molecule has 236 valence electrons. The fourth-order valence-corrected chi connectivity index (χ4v) is 4.17. The Bertz CT molecular complexity index is 1150. The molecule has 0 aliphatic carbocycles. The molecule has 7 N–H and O–H groups in total. The van der Waals surface area contributed by atoms with Gasteiger partial charge in [0.1, 0.15) is 18.7 Å². The van der Waals surface area contributed by atoms with Crippen molar-refractivity contribution in [2.24, 2.45) is 11.7 Å². The van der Waals surface area contributed by atoms with Gasteiger partial charge < -0.3 is 25.8 Å². The van der Waals surface area contributed by atoms with E-state index in [1.54, 1.807) is 38.1 Å². The highest BCUT2D eigenvalue weighted by Crippen LogP contribution is 2.13. The van der Waals surface area contributed by atoms with Crippen LogP contribution in [0.1, 0.15) is 58.4 Å². The second kappa shape index (κ2) is 17.7. The van der Waals surface area contributed by atoms with Gasteiger partial charge in [0.15, 0.2) is 6.35 Å². The summed E-state index contributed by atoms with van der Waals surface area (Å²) in [4.78, 5) is 74.5. The minimum Gasteiger partial charge on any atom is -0.461 e. The average molecular weight is 603 g/mol. The van der Waals surface area contributed by atoms with Gasteiger partial charge in [-0.25, -0.2) is 0 Å². The fraction of sp³-hybridized carbons (Fsp3) is 0.517. The summed E-state index contributed by atoms with van der Waals surface area (Å²) >= 11 is 0. The molecular formula is C29H42N6O8. The van der Waals surface area contributed by atoms with Crippen molar-refractivity contribution >= 4 is 41.2 Å². The Hall–Kier alpha value is -4.14. The Morgan fingerprint density at radius 3 is 2.19 bits per heavy atom. The van der Waals surface area contributed by atoms with Crippen LogP contribution in [0.2, 0.25) is 0 Å². The second-order valence-corrected chi connectivity index (χ2v) is 10.5. The van der Waals surface area contributed by atoms with E-state index in [1.165, 1.54) is 19.1 Å². The number of hydrogen-bond donors (Lipinski definition) is 6. The number of aliphatic hydroxyl groups is 1. The van der Waals surface area contributed by atoms with Crippen molar-refractivity contribution in [2.45, 2.75) is 77.9 Å². The van der Waals surface area contributed by atoms with Gasteiger partial charge in [-0.05, 0) is 55.8 Å². The van der Waals surface area contributed by atoms with E-state index >= 15 is 0 Å². The van der Waals surface area contributed by atoms with E-state index in [4.69, 9.17) is 10.5 Å². The molecule has 3 atom stereocenters. The van der Waals surface area contributed by atoms with Crippen LogP contribution in [0.15, 0.2) is 36.4 Å². The minimum absolute atomic E-state index is 0.0879. The Labute approximate surface area is 250 Å². The van der Waals surface area contributed by atoms with Crippen molar-refractivity contribution < 1.29 is 38.6 Å². The molecule has 0 saturated carbocycles. The number of amides is 5. The van der Waals surface area contributed by atoms with Crippen LogP contribution in [0, 0.1) is 5.92 Å². The summed E-state index contributed by atoms with van der Waals surface area (Å²) in [5.74, 6) is -2.85. The molecule has 2 rings (SSSR count). The number of anilines is 1. The molecule has 1 aromatic carbocycles. The number of imide groups is 1. The lowest BCUT2D eigenvalue weighted by atomic mass is 10.0. The van der Waals surface area contributed by atoms with E-state index < -0.39 is 36.2 Å². The summed E-state index contributed by atoms with van der Waals surface area (Å²) in [6.07, 6.45) is 2.72. The predicted molar refractivity (Wildman–Crippen MR) is 156 cm³/mol. The van der Waals surface area contributed by atoms with Crippen LogP contribution >= 0.6 is 0 Å². The van der Waals surface area contributed by atoms with Crippen molar-refractivity contribution in [1.82, 2.24) is 20.9 Å². The summed E-state index contributed by atoms with van der Waals surface area (Å²) in [5, 5.41) is 20.1. The molecule has 14 heteroatoms. The van der Waals surface area contributed by atoms with Crippen LogP contribution < -0.4 is 27.0 Å². The third-order valence-electron chi connectivity index (χ3n) is 6.52. The number of ether oxygens (including phenoxy) is 1. The van der Waals surface area contributed by atoms with E-state index in [2.05, 4.69) is 21.3 Å². The standard InChI is InChI=1S/C29H42N6O8/c1-18(2)26(34-23(37)8-4-5-16-35-24(38)13-14-25(35)39)28(41)33-22(7-6-15-31-29(30)42)27(40)32-21-11-9-20(10-12-21)17-43-19(3)36/h9-14,18,22,26,29,31,42H,4-8,15-17,30H2,1-3H3,(H,32,40)(H,33,41)(H,34,37)/t22-,26-,29?/m0/s1. The number of esters is 1. The zero-order valence-electron chi connectivity index (χ0n) is 24.8. The number of unbranched alkanes of at least 4 members (excludes halogenated alkanes) is 1. The molecule has 5 amide bonds. The van der Waals surface area contributed by atoms with E-state index in [9.17, 15) is 33.9 Å². The first-order valence-electron chi connectivity index (χ1n) is 14.2. The Morgan fingerprint density at radius 1 is 0.953 bits per heavy atom. The van der Waals surface area contributed by atoms with Gasteiger partial charge in [-0.1, -0.05) is 26.0 Å². The maximum Gasteiger partial charge on any atom is 0.302 e. The first-order valence-corrected chi connectivity index (χ1v) is 14.2. The third kappa shape index (κ3) is 12.7. The van der Waals surface area contributed by atoms with E-state index in [0.29, 0.717) is 24.9 Å². The molecular weight excluding hydrogens is 560 g/mol. The Morgan fingerprint density at radius 2 is 1.60 bits per heavy atom. The highest BCUT2D eigenvalue weighted by Gasteiger charge is 2.29. The number of nitrogens with two attached hydrogens (primary N) is 1. The zero-order chi connectivity index (χ0) is 31.9. The number of benzene rings is 1.